The lowest BCUT2D eigenvalue weighted by atomic mass is 9.95. The number of piperidine rings is 1. The molecule has 0 aliphatic carbocycles. The Bertz CT molecular complexity index is 451. The normalized spacial score (nSPS) is 19.1. The van der Waals surface area contributed by atoms with Crippen molar-refractivity contribution in [2.75, 3.05) is 40.3 Å². The highest BCUT2D eigenvalue weighted by Crippen LogP contribution is 2.23. The van der Waals surface area contributed by atoms with E-state index < -0.39 is 0 Å². The first-order valence-corrected chi connectivity index (χ1v) is 8.08. The van der Waals surface area contributed by atoms with Gasteiger partial charge in [0.2, 0.25) is 0 Å². The molecule has 1 aromatic rings. The Hall–Kier alpha value is -0.900. The highest BCUT2D eigenvalue weighted by Gasteiger charge is 2.22. The Labute approximate surface area is 129 Å². The van der Waals surface area contributed by atoms with Crippen molar-refractivity contribution in [3.05, 3.63) is 34.9 Å². The molecule has 0 saturated carbocycles. The van der Waals surface area contributed by atoms with Crippen molar-refractivity contribution in [2.24, 2.45) is 5.92 Å². The number of rotatable bonds is 5. The molecule has 0 amide bonds. The summed E-state index contributed by atoms with van der Waals surface area (Å²) in [6, 6.07) is 6.34. The van der Waals surface area contributed by atoms with Gasteiger partial charge >= 0.3 is 0 Å². The van der Waals surface area contributed by atoms with Crippen molar-refractivity contribution in [3.63, 3.8) is 0 Å². The van der Waals surface area contributed by atoms with E-state index >= 15 is 0 Å². The maximum absolute atomic E-state index is 10.5. The molecule has 1 aliphatic rings. The lowest BCUT2D eigenvalue weighted by Crippen LogP contribution is -2.39. The molecule has 0 radical (unpaired) electrons. The topological polar surface area (TPSA) is 26.7 Å². The van der Waals surface area contributed by atoms with Crippen LogP contribution >= 0.6 is 0 Å². The standard InChI is InChI=1S/C18H30N2O/c1-14-5-6-15(2)17(11-14)18(21)13-20-9-7-16(8-10-20)12-19(3)4/h5-6,11,16,18,21H,7-10,12-13H2,1-4H3. The molecule has 1 saturated heterocycles. The lowest BCUT2D eigenvalue weighted by Gasteiger charge is -2.34. The van der Waals surface area contributed by atoms with Crippen LogP contribution in [0.5, 0.6) is 0 Å². The second kappa shape index (κ2) is 7.39. The summed E-state index contributed by atoms with van der Waals surface area (Å²) < 4.78 is 0. The van der Waals surface area contributed by atoms with Crippen LogP contribution in [0.3, 0.4) is 0 Å². The van der Waals surface area contributed by atoms with Crippen molar-refractivity contribution in [1.82, 2.24) is 9.80 Å². The fraction of sp³-hybridized carbons (Fsp3) is 0.667. The van der Waals surface area contributed by atoms with Gasteiger partial charge < -0.3 is 14.9 Å². The molecule has 2 rings (SSSR count). The molecule has 1 atom stereocenters. The van der Waals surface area contributed by atoms with E-state index in [4.69, 9.17) is 0 Å². The highest BCUT2D eigenvalue weighted by molar-refractivity contribution is 5.32. The van der Waals surface area contributed by atoms with Gasteiger partial charge in [-0.1, -0.05) is 23.8 Å². The molecule has 1 heterocycles. The zero-order chi connectivity index (χ0) is 15.4. The van der Waals surface area contributed by atoms with Crippen molar-refractivity contribution in [3.8, 4) is 0 Å². The largest absolute Gasteiger partial charge is 0.387 e. The Morgan fingerprint density at radius 1 is 1.24 bits per heavy atom. The second-order valence-electron chi connectivity index (χ2n) is 6.88. The first-order chi connectivity index (χ1) is 9.95. The van der Waals surface area contributed by atoms with Gasteiger partial charge in [0.1, 0.15) is 0 Å². The maximum atomic E-state index is 10.5. The SMILES string of the molecule is Cc1ccc(C)c(C(O)CN2CCC(CN(C)C)CC2)c1. The third kappa shape index (κ3) is 4.80. The summed E-state index contributed by atoms with van der Waals surface area (Å²) in [6.45, 7) is 8.34. The Morgan fingerprint density at radius 3 is 2.52 bits per heavy atom. The van der Waals surface area contributed by atoms with Crippen LogP contribution in [-0.4, -0.2) is 55.2 Å². The highest BCUT2D eigenvalue weighted by atomic mass is 16.3. The van der Waals surface area contributed by atoms with Crippen LogP contribution in [0.25, 0.3) is 0 Å². The summed E-state index contributed by atoms with van der Waals surface area (Å²) in [6.07, 6.45) is 2.13. The van der Waals surface area contributed by atoms with E-state index in [1.54, 1.807) is 0 Å². The minimum atomic E-state index is -0.365. The molecule has 1 unspecified atom stereocenters. The first-order valence-electron chi connectivity index (χ1n) is 8.08. The minimum absolute atomic E-state index is 0.365. The van der Waals surface area contributed by atoms with Gasteiger partial charge in [0.05, 0.1) is 6.10 Å². The predicted octanol–water partition coefficient (Wildman–Crippen LogP) is 2.61. The lowest BCUT2D eigenvalue weighted by molar-refractivity contribution is 0.0843. The van der Waals surface area contributed by atoms with Crippen molar-refractivity contribution >= 4 is 0 Å². The fourth-order valence-electron chi connectivity index (χ4n) is 3.33. The summed E-state index contributed by atoms with van der Waals surface area (Å²) in [4.78, 5) is 4.70. The number of hydrogen-bond donors (Lipinski definition) is 1. The third-order valence-electron chi connectivity index (χ3n) is 4.56. The van der Waals surface area contributed by atoms with E-state index in [0.29, 0.717) is 0 Å². The van der Waals surface area contributed by atoms with Gasteiger partial charge in [0.15, 0.2) is 0 Å². The molecule has 3 nitrogen and oxygen atoms in total. The Balaban J connectivity index is 1.87. The Morgan fingerprint density at radius 2 is 1.90 bits per heavy atom. The molecule has 0 spiro atoms. The molecule has 118 valence electrons. The van der Waals surface area contributed by atoms with E-state index in [-0.39, 0.29) is 6.10 Å². The number of benzene rings is 1. The van der Waals surface area contributed by atoms with Crippen LogP contribution in [0.15, 0.2) is 18.2 Å². The van der Waals surface area contributed by atoms with Crippen LogP contribution in [-0.2, 0) is 0 Å². The van der Waals surface area contributed by atoms with E-state index in [1.807, 2.05) is 0 Å². The number of nitrogens with zero attached hydrogens (tertiary/aromatic N) is 2. The third-order valence-corrected chi connectivity index (χ3v) is 4.56. The van der Waals surface area contributed by atoms with Crippen molar-refractivity contribution in [1.29, 1.82) is 0 Å². The zero-order valence-corrected chi connectivity index (χ0v) is 14.0. The summed E-state index contributed by atoms with van der Waals surface area (Å²) >= 11 is 0. The van der Waals surface area contributed by atoms with Crippen LogP contribution in [0.2, 0.25) is 0 Å². The van der Waals surface area contributed by atoms with E-state index in [9.17, 15) is 5.11 Å². The zero-order valence-electron chi connectivity index (χ0n) is 14.0. The van der Waals surface area contributed by atoms with E-state index in [0.717, 1.165) is 31.1 Å². The smallest absolute Gasteiger partial charge is 0.0919 e. The molecule has 0 bridgehead atoms. The van der Waals surface area contributed by atoms with Crippen LogP contribution in [0.4, 0.5) is 0 Å². The number of aliphatic hydroxyl groups is 1. The minimum Gasteiger partial charge on any atom is -0.387 e. The maximum Gasteiger partial charge on any atom is 0.0919 e. The molecule has 1 N–H and O–H groups in total. The van der Waals surface area contributed by atoms with E-state index in [1.165, 1.54) is 30.5 Å². The van der Waals surface area contributed by atoms with Crippen LogP contribution in [0.1, 0.15) is 35.6 Å². The number of β-amino-alcohol motifs (C(OH)–C–C–N with tert-alkyl or cyclic N) is 1. The predicted molar refractivity (Wildman–Crippen MR) is 88.6 cm³/mol. The average molecular weight is 290 g/mol. The van der Waals surface area contributed by atoms with Gasteiger partial charge in [-0.05, 0) is 70.9 Å². The first kappa shape index (κ1) is 16.5. The quantitative estimate of drug-likeness (QED) is 0.903. The second-order valence-corrected chi connectivity index (χ2v) is 6.88. The number of hydrogen-bond acceptors (Lipinski definition) is 3. The van der Waals surface area contributed by atoms with Crippen LogP contribution in [0, 0.1) is 19.8 Å². The summed E-state index contributed by atoms with van der Waals surface area (Å²) in [5, 5.41) is 10.5. The molecular weight excluding hydrogens is 260 g/mol. The molecule has 21 heavy (non-hydrogen) atoms. The van der Waals surface area contributed by atoms with E-state index in [2.05, 4.69) is 55.9 Å². The van der Waals surface area contributed by atoms with Gasteiger partial charge in [-0.25, -0.2) is 0 Å². The molecule has 1 aliphatic heterocycles. The van der Waals surface area contributed by atoms with Gasteiger partial charge in [-0.15, -0.1) is 0 Å². The van der Waals surface area contributed by atoms with Crippen molar-refractivity contribution < 1.29 is 5.11 Å². The number of aliphatic hydroxyl groups excluding tert-OH is 1. The monoisotopic (exact) mass is 290 g/mol. The molecule has 3 heteroatoms. The molecule has 0 aromatic heterocycles. The van der Waals surface area contributed by atoms with Gasteiger partial charge in [0.25, 0.3) is 0 Å². The van der Waals surface area contributed by atoms with Gasteiger partial charge in [-0.2, -0.15) is 0 Å². The number of aryl methyl sites for hydroxylation is 2. The van der Waals surface area contributed by atoms with Gasteiger partial charge in [-0.3, -0.25) is 0 Å². The molecule has 1 fully saturated rings. The number of likely N-dealkylation sites (tertiary alicyclic amines) is 1. The summed E-state index contributed by atoms with van der Waals surface area (Å²) in [7, 11) is 4.30. The molecular formula is C18H30N2O. The van der Waals surface area contributed by atoms with Crippen LogP contribution < -0.4 is 0 Å². The average Bonchev–Trinajstić information content (AvgIpc) is 2.43. The molecule has 1 aromatic carbocycles. The fourth-order valence-corrected chi connectivity index (χ4v) is 3.33. The Kier molecular flexibility index (Phi) is 5.80. The van der Waals surface area contributed by atoms with Crippen molar-refractivity contribution in [2.45, 2.75) is 32.8 Å². The summed E-state index contributed by atoms with van der Waals surface area (Å²) in [5.41, 5.74) is 3.50. The van der Waals surface area contributed by atoms with Gasteiger partial charge in [0, 0.05) is 13.1 Å². The summed E-state index contributed by atoms with van der Waals surface area (Å²) in [5.74, 6) is 0.814.